The van der Waals surface area contributed by atoms with Crippen molar-refractivity contribution >= 4 is 10.0 Å². The number of nitrogens with one attached hydrogen (secondary N) is 2. The molecule has 1 aromatic rings. The lowest BCUT2D eigenvalue weighted by atomic mass is 9.89. The summed E-state index contributed by atoms with van der Waals surface area (Å²) in [4.78, 5) is 0.223. The molecule has 2 saturated carbocycles. The lowest BCUT2D eigenvalue weighted by Gasteiger charge is -2.21. The monoisotopic (exact) mass is 255 g/mol. The van der Waals surface area contributed by atoms with Crippen LogP contribution < -0.4 is 4.72 Å². The minimum atomic E-state index is -3.36. The Kier molecular flexibility index (Phi) is 2.71. The number of rotatable bonds is 4. The van der Waals surface area contributed by atoms with E-state index in [1.807, 2.05) is 0 Å². The Morgan fingerprint density at radius 3 is 2.88 bits per heavy atom. The largest absolute Gasteiger partial charge is 0.284 e. The van der Waals surface area contributed by atoms with Gasteiger partial charge in [0.05, 0.1) is 6.20 Å². The first-order valence-electron chi connectivity index (χ1n) is 6.13. The minimum Gasteiger partial charge on any atom is -0.284 e. The fraction of sp³-hybridized carbons (Fsp3) is 0.727. The summed E-state index contributed by atoms with van der Waals surface area (Å²) in [5, 5.41) is 6.18. The van der Waals surface area contributed by atoms with Crippen molar-refractivity contribution < 1.29 is 8.42 Å². The van der Waals surface area contributed by atoms with E-state index in [0.29, 0.717) is 12.5 Å². The van der Waals surface area contributed by atoms with Gasteiger partial charge in [-0.1, -0.05) is 6.42 Å². The third-order valence-corrected chi connectivity index (χ3v) is 5.59. The predicted molar refractivity (Wildman–Crippen MR) is 62.7 cm³/mol. The number of aromatic amines is 1. The van der Waals surface area contributed by atoms with Crippen molar-refractivity contribution in [1.29, 1.82) is 0 Å². The number of hydrogen-bond acceptors (Lipinski definition) is 3. The van der Waals surface area contributed by atoms with E-state index in [4.69, 9.17) is 0 Å². The molecule has 3 rings (SSSR count). The van der Waals surface area contributed by atoms with Crippen LogP contribution in [0.2, 0.25) is 0 Å². The fourth-order valence-corrected chi connectivity index (χ4v) is 4.31. The second kappa shape index (κ2) is 4.10. The van der Waals surface area contributed by atoms with Crippen LogP contribution in [0.5, 0.6) is 0 Å². The average molecular weight is 255 g/mol. The van der Waals surface area contributed by atoms with E-state index in [1.54, 1.807) is 0 Å². The molecule has 6 heteroatoms. The van der Waals surface area contributed by atoms with Crippen LogP contribution in [-0.4, -0.2) is 25.2 Å². The molecular weight excluding hydrogens is 238 g/mol. The van der Waals surface area contributed by atoms with Crippen molar-refractivity contribution in [2.45, 2.75) is 30.6 Å². The lowest BCUT2D eigenvalue weighted by molar-refractivity contribution is 0.333. The Morgan fingerprint density at radius 1 is 1.41 bits per heavy atom. The fourth-order valence-electron chi connectivity index (χ4n) is 3.31. The quantitative estimate of drug-likeness (QED) is 0.846. The Morgan fingerprint density at radius 2 is 2.29 bits per heavy atom. The molecule has 1 heterocycles. The van der Waals surface area contributed by atoms with Crippen LogP contribution in [0.1, 0.15) is 25.7 Å². The number of hydrogen-bond donors (Lipinski definition) is 2. The van der Waals surface area contributed by atoms with Crippen LogP contribution in [-0.2, 0) is 10.0 Å². The van der Waals surface area contributed by atoms with Gasteiger partial charge in [-0.2, -0.15) is 5.10 Å². The Balaban J connectivity index is 1.61. The lowest BCUT2D eigenvalue weighted by Crippen LogP contribution is -2.31. The summed E-state index contributed by atoms with van der Waals surface area (Å²) in [5.74, 6) is 2.13. The van der Waals surface area contributed by atoms with Gasteiger partial charge in [0.15, 0.2) is 0 Å². The molecule has 3 atom stereocenters. The Bertz CT molecular complexity index is 483. The number of fused-ring (bicyclic) bond motifs is 2. The number of nitrogens with zero attached hydrogens (tertiary/aromatic N) is 1. The summed E-state index contributed by atoms with van der Waals surface area (Å²) in [6, 6.07) is 0. The Hall–Kier alpha value is -0.880. The van der Waals surface area contributed by atoms with Crippen molar-refractivity contribution in [2.24, 2.45) is 17.8 Å². The zero-order chi connectivity index (χ0) is 11.9. The van der Waals surface area contributed by atoms with Gasteiger partial charge in [-0.05, 0) is 37.0 Å². The molecule has 5 nitrogen and oxygen atoms in total. The molecule has 0 radical (unpaired) electrons. The zero-order valence-electron chi connectivity index (χ0n) is 9.59. The number of sulfonamides is 1. The molecule has 2 aliphatic carbocycles. The molecule has 2 fully saturated rings. The summed E-state index contributed by atoms with van der Waals surface area (Å²) in [5.41, 5.74) is 0. The summed E-state index contributed by atoms with van der Waals surface area (Å²) in [6.45, 7) is 0.578. The van der Waals surface area contributed by atoms with Gasteiger partial charge in [0.1, 0.15) is 4.90 Å². The van der Waals surface area contributed by atoms with E-state index in [9.17, 15) is 8.42 Å². The smallest absolute Gasteiger partial charge is 0.243 e. The van der Waals surface area contributed by atoms with Crippen LogP contribution in [0, 0.1) is 17.8 Å². The number of H-pyrrole nitrogens is 1. The van der Waals surface area contributed by atoms with Crippen LogP contribution in [0.3, 0.4) is 0 Å². The second-order valence-electron chi connectivity index (χ2n) is 5.22. The molecule has 0 aliphatic heterocycles. The van der Waals surface area contributed by atoms with Gasteiger partial charge in [0.2, 0.25) is 10.0 Å². The third kappa shape index (κ3) is 2.11. The van der Waals surface area contributed by atoms with Crippen LogP contribution >= 0.6 is 0 Å². The molecule has 2 bridgehead atoms. The molecule has 2 N–H and O–H groups in total. The molecule has 94 valence electrons. The van der Waals surface area contributed by atoms with Gasteiger partial charge in [-0.15, -0.1) is 0 Å². The highest BCUT2D eigenvalue weighted by Crippen LogP contribution is 2.47. The highest BCUT2D eigenvalue weighted by atomic mass is 32.2. The van der Waals surface area contributed by atoms with E-state index >= 15 is 0 Å². The minimum absolute atomic E-state index is 0.223. The van der Waals surface area contributed by atoms with Crippen molar-refractivity contribution in [2.75, 3.05) is 6.54 Å². The number of aromatic nitrogens is 2. The van der Waals surface area contributed by atoms with Gasteiger partial charge >= 0.3 is 0 Å². The van der Waals surface area contributed by atoms with E-state index < -0.39 is 10.0 Å². The average Bonchev–Trinajstić information content (AvgIpc) is 3.02. The molecule has 2 aliphatic rings. The van der Waals surface area contributed by atoms with Gasteiger partial charge < -0.3 is 0 Å². The topological polar surface area (TPSA) is 74.8 Å². The van der Waals surface area contributed by atoms with Gasteiger partial charge in [-0.25, -0.2) is 13.1 Å². The Labute approximate surface area is 101 Å². The highest BCUT2D eigenvalue weighted by Gasteiger charge is 2.39. The van der Waals surface area contributed by atoms with E-state index in [2.05, 4.69) is 14.9 Å². The molecule has 1 aromatic heterocycles. The summed E-state index contributed by atoms with van der Waals surface area (Å²) >= 11 is 0. The van der Waals surface area contributed by atoms with Crippen LogP contribution in [0.15, 0.2) is 17.3 Å². The van der Waals surface area contributed by atoms with Gasteiger partial charge in [0, 0.05) is 12.7 Å². The summed E-state index contributed by atoms with van der Waals surface area (Å²) in [7, 11) is -3.36. The van der Waals surface area contributed by atoms with E-state index in [-0.39, 0.29) is 4.90 Å². The predicted octanol–water partition coefficient (Wildman–Crippen LogP) is 1.12. The standard InChI is InChI=1S/C11H17N3O2S/c15-17(16,11-6-12-13-7-11)14-5-10-4-8-1-2-9(10)3-8/h6-10,14H,1-5H2,(H,12,13). The van der Waals surface area contributed by atoms with E-state index in [0.717, 1.165) is 11.8 Å². The molecule has 17 heavy (non-hydrogen) atoms. The summed E-state index contributed by atoms with van der Waals surface area (Å²) in [6.07, 6.45) is 7.86. The normalized spacial score (nSPS) is 32.1. The second-order valence-corrected chi connectivity index (χ2v) is 6.99. The first kappa shape index (κ1) is 11.2. The van der Waals surface area contributed by atoms with Gasteiger partial charge in [0.25, 0.3) is 0 Å². The van der Waals surface area contributed by atoms with Crippen LogP contribution in [0.25, 0.3) is 0 Å². The van der Waals surface area contributed by atoms with Crippen LogP contribution in [0.4, 0.5) is 0 Å². The first-order chi connectivity index (χ1) is 8.15. The van der Waals surface area contributed by atoms with Crippen molar-refractivity contribution in [1.82, 2.24) is 14.9 Å². The maximum atomic E-state index is 11.9. The third-order valence-electron chi connectivity index (χ3n) is 4.20. The maximum Gasteiger partial charge on any atom is 0.243 e. The van der Waals surface area contributed by atoms with Crippen molar-refractivity contribution in [3.8, 4) is 0 Å². The SMILES string of the molecule is O=S(=O)(NCC1CC2CCC1C2)c1cn[nH]c1. The van der Waals surface area contributed by atoms with Crippen molar-refractivity contribution in [3.63, 3.8) is 0 Å². The molecular formula is C11H17N3O2S. The molecule has 0 spiro atoms. The molecule has 3 unspecified atom stereocenters. The molecule has 0 amide bonds. The maximum absolute atomic E-state index is 11.9. The molecule has 0 aromatic carbocycles. The van der Waals surface area contributed by atoms with Crippen molar-refractivity contribution in [3.05, 3.63) is 12.4 Å². The zero-order valence-corrected chi connectivity index (χ0v) is 10.4. The van der Waals surface area contributed by atoms with E-state index in [1.165, 1.54) is 38.1 Å². The molecule has 0 saturated heterocycles. The summed E-state index contributed by atoms with van der Waals surface area (Å²) < 4.78 is 26.5. The first-order valence-corrected chi connectivity index (χ1v) is 7.62. The van der Waals surface area contributed by atoms with Gasteiger partial charge in [-0.3, -0.25) is 5.10 Å². The highest BCUT2D eigenvalue weighted by molar-refractivity contribution is 7.89.